The minimum Gasteiger partial charge on any atom is -0.491 e. The molecule has 0 saturated heterocycles. The Morgan fingerprint density at radius 1 is 1.13 bits per heavy atom. The Bertz CT molecular complexity index is 705. The molecule has 0 spiro atoms. The van der Waals surface area contributed by atoms with Crippen molar-refractivity contribution >= 4 is 11.7 Å². The quantitative estimate of drug-likeness (QED) is 0.824. The molecule has 2 amide bonds. The second kappa shape index (κ2) is 7.58. The molecule has 0 heterocycles. The Morgan fingerprint density at radius 3 is 2.65 bits per heavy atom. The van der Waals surface area contributed by atoms with Gasteiger partial charge in [-0.15, -0.1) is 0 Å². The molecule has 2 N–H and O–H groups in total. The van der Waals surface area contributed by atoms with Crippen molar-refractivity contribution in [2.24, 2.45) is 0 Å². The van der Waals surface area contributed by atoms with Crippen molar-refractivity contribution < 1.29 is 18.3 Å². The van der Waals surface area contributed by atoms with Crippen LogP contribution in [-0.2, 0) is 0 Å². The van der Waals surface area contributed by atoms with Crippen LogP contribution < -0.4 is 15.4 Å². The molecule has 0 aliphatic carbocycles. The Balaban J connectivity index is 1.77. The topological polar surface area (TPSA) is 50.4 Å². The molecule has 2 rings (SSSR count). The van der Waals surface area contributed by atoms with Crippen molar-refractivity contribution in [2.75, 3.05) is 18.5 Å². The monoisotopic (exact) mass is 320 g/mol. The zero-order valence-corrected chi connectivity index (χ0v) is 13.0. The van der Waals surface area contributed by atoms with E-state index < -0.39 is 17.7 Å². The van der Waals surface area contributed by atoms with E-state index in [1.807, 2.05) is 32.0 Å². The third-order valence-corrected chi connectivity index (χ3v) is 3.17. The third-order valence-electron chi connectivity index (χ3n) is 3.17. The van der Waals surface area contributed by atoms with E-state index in [9.17, 15) is 13.6 Å². The lowest BCUT2D eigenvalue weighted by Crippen LogP contribution is -2.32. The Hall–Kier alpha value is -2.63. The fraction of sp³-hybridized carbons (Fsp3) is 0.235. The molecular formula is C17H18F2N2O2. The molecular weight excluding hydrogens is 302 g/mol. The van der Waals surface area contributed by atoms with Crippen molar-refractivity contribution in [1.29, 1.82) is 0 Å². The van der Waals surface area contributed by atoms with Crippen molar-refractivity contribution in [3.8, 4) is 5.75 Å². The number of benzene rings is 2. The highest BCUT2D eigenvalue weighted by molar-refractivity contribution is 5.89. The van der Waals surface area contributed by atoms with Crippen LogP contribution in [0.15, 0.2) is 36.4 Å². The molecule has 6 heteroatoms. The minimum absolute atomic E-state index is 0.0839. The standard InChI is InChI=1S/C17H18F2N2O2/c1-11-3-4-12(2)16(9-11)23-8-7-20-17(22)21-15-6-5-13(18)10-14(15)19/h3-6,9-10H,7-8H2,1-2H3,(H2,20,21,22). The molecule has 0 unspecified atom stereocenters. The van der Waals surface area contributed by atoms with Crippen LogP contribution in [-0.4, -0.2) is 19.2 Å². The smallest absolute Gasteiger partial charge is 0.319 e. The maximum atomic E-state index is 13.4. The first-order valence-electron chi connectivity index (χ1n) is 7.15. The zero-order chi connectivity index (χ0) is 16.8. The van der Waals surface area contributed by atoms with Crippen LogP contribution in [0.25, 0.3) is 0 Å². The average Bonchev–Trinajstić information content (AvgIpc) is 2.50. The van der Waals surface area contributed by atoms with Gasteiger partial charge in [0.25, 0.3) is 0 Å². The zero-order valence-electron chi connectivity index (χ0n) is 13.0. The molecule has 0 fully saturated rings. The number of aryl methyl sites for hydroxylation is 2. The van der Waals surface area contributed by atoms with E-state index in [0.717, 1.165) is 29.0 Å². The summed E-state index contributed by atoms with van der Waals surface area (Å²) in [5.41, 5.74) is 2.01. The van der Waals surface area contributed by atoms with Crippen LogP contribution in [0, 0.1) is 25.5 Å². The number of amides is 2. The van der Waals surface area contributed by atoms with Gasteiger partial charge >= 0.3 is 6.03 Å². The summed E-state index contributed by atoms with van der Waals surface area (Å²) in [4.78, 5) is 11.6. The van der Waals surface area contributed by atoms with Gasteiger partial charge in [0.2, 0.25) is 0 Å². The number of hydrogen-bond donors (Lipinski definition) is 2. The van der Waals surface area contributed by atoms with Crippen molar-refractivity contribution in [3.05, 3.63) is 59.2 Å². The molecule has 0 aliphatic heterocycles. The fourth-order valence-corrected chi connectivity index (χ4v) is 1.95. The van der Waals surface area contributed by atoms with Gasteiger partial charge in [0.1, 0.15) is 24.0 Å². The van der Waals surface area contributed by atoms with Gasteiger partial charge in [-0.1, -0.05) is 12.1 Å². The second-order valence-electron chi connectivity index (χ2n) is 5.12. The number of nitrogens with one attached hydrogen (secondary N) is 2. The Labute approximate surface area is 133 Å². The maximum Gasteiger partial charge on any atom is 0.319 e. The van der Waals surface area contributed by atoms with Crippen LogP contribution in [0.5, 0.6) is 5.75 Å². The lowest BCUT2D eigenvalue weighted by molar-refractivity contribution is 0.247. The summed E-state index contributed by atoms with van der Waals surface area (Å²) in [6, 6.07) is 8.23. The molecule has 0 radical (unpaired) electrons. The van der Waals surface area contributed by atoms with Gasteiger partial charge in [0.05, 0.1) is 12.2 Å². The summed E-state index contributed by atoms with van der Waals surface area (Å²) < 4.78 is 31.8. The molecule has 2 aromatic rings. The van der Waals surface area contributed by atoms with E-state index in [1.165, 1.54) is 0 Å². The first-order chi connectivity index (χ1) is 11.0. The van der Waals surface area contributed by atoms with E-state index in [2.05, 4.69) is 10.6 Å². The SMILES string of the molecule is Cc1ccc(C)c(OCCNC(=O)Nc2ccc(F)cc2F)c1. The van der Waals surface area contributed by atoms with Crippen LogP contribution in [0.3, 0.4) is 0 Å². The van der Waals surface area contributed by atoms with E-state index in [-0.39, 0.29) is 18.8 Å². The summed E-state index contributed by atoms with van der Waals surface area (Å²) >= 11 is 0. The third kappa shape index (κ3) is 4.95. The van der Waals surface area contributed by atoms with Crippen molar-refractivity contribution in [1.82, 2.24) is 5.32 Å². The normalized spacial score (nSPS) is 10.3. The first kappa shape index (κ1) is 16.7. The molecule has 0 bridgehead atoms. The van der Waals surface area contributed by atoms with Crippen molar-refractivity contribution in [3.63, 3.8) is 0 Å². The summed E-state index contributed by atoms with van der Waals surface area (Å²) in [7, 11) is 0. The number of halogens is 2. The maximum absolute atomic E-state index is 13.4. The number of anilines is 1. The molecule has 2 aromatic carbocycles. The molecule has 23 heavy (non-hydrogen) atoms. The van der Waals surface area contributed by atoms with Crippen LogP contribution in [0.1, 0.15) is 11.1 Å². The van der Waals surface area contributed by atoms with Gasteiger partial charge in [-0.05, 0) is 43.2 Å². The molecule has 4 nitrogen and oxygen atoms in total. The molecule has 0 atom stereocenters. The highest BCUT2D eigenvalue weighted by Gasteiger charge is 2.07. The Kier molecular flexibility index (Phi) is 5.51. The van der Waals surface area contributed by atoms with Gasteiger partial charge in [0, 0.05) is 6.07 Å². The number of hydrogen-bond acceptors (Lipinski definition) is 2. The number of carbonyl (C=O) groups is 1. The highest BCUT2D eigenvalue weighted by Crippen LogP contribution is 2.18. The number of ether oxygens (including phenoxy) is 1. The predicted molar refractivity (Wildman–Crippen MR) is 84.8 cm³/mol. The fourth-order valence-electron chi connectivity index (χ4n) is 1.95. The van der Waals surface area contributed by atoms with E-state index >= 15 is 0 Å². The summed E-state index contributed by atoms with van der Waals surface area (Å²) in [6.45, 7) is 4.44. The van der Waals surface area contributed by atoms with Gasteiger partial charge in [-0.2, -0.15) is 0 Å². The van der Waals surface area contributed by atoms with Gasteiger partial charge in [-0.3, -0.25) is 0 Å². The molecule has 0 aromatic heterocycles. The number of carbonyl (C=O) groups excluding carboxylic acids is 1. The summed E-state index contributed by atoms with van der Waals surface area (Å²) in [5.74, 6) is -0.765. The van der Waals surface area contributed by atoms with Crippen LogP contribution in [0.2, 0.25) is 0 Å². The summed E-state index contributed by atoms with van der Waals surface area (Å²) in [5, 5.41) is 4.85. The van der Waals surface area contributed by atoms with Gasteiger partial charge in [-0.25, -0.2) is 13.6 Å². The summed E-state index contributed by atoms with van der Waals surface area (Å²) in [6.07, 6.45) is 0. The lowest BCUT2D eigenvalue weighted by atomic mass is 10.1. The van der Waals surface area contributed by atoms with E-state index in [4.69, 9.17) is 4.74 Å². The largest absolute Gasteiger partial charge is 0.491 e. The Morgan fingerprint density at radius 2 is 1.91 bits per heavy atom. The van der Waals surface area contributed by atoms with E-state index in [1.54, 1.807) is 0 Å². The first-order valence-corrected chi connectivity index (χ1v) is 7.15. The molecule has 122 valence electrons. The van der Waals surface area contributed by atoms with Gasteiger partial charge < -0.3 is 15.4 Å². The average molecular weight is 320 g/mol. The molecule has 0 aliphatic rings. The number of urea groups is 1. The minimum atomic E-state index is -0.827. The van der Waals surface area contributed by atoms with E-state index in [0.29, 0.717) is 6.07 Å². The van der Waals surface area contributed by atoms with Crippen LogP contribution in [0.4, 0.5) is 19.3 Å². The molecule has 0 saturated carbocycles. The van der Waals surface area contributed by atoms with Crippen LogP contribution >= 0.6 is 0 Å². The van der Waals surface area contributed by atoms with Crippen molar-refractivity contribution in [2.45, 2.75) is 13.8 Å². The second-order valence-corrected chi connectivity index (χ2v) is 5.12. The van der Waals surface area contributed by atoms with Gasteiger partial charge in [0.15, 0.2) is 0 Å². The predicted octanol–water partition coefficient (Wildman–Crippen LogP) is 3.78. The lowest BCUT2D eigenvalue weighted by Gasteiger charge is -2.11. The number of rotatable bonds is 5. The highest BCUT2D eigenvalue weighted by atomic mass is 19.1.